The van der Waals surface area contributed by atoms with Crippen LogP contribution in [0.25, 0.3) is 0 Å². The van der Waals surface area contributed by atoms with Crippen molar-refractivity contribution in [2.45, 2.75) is 58.4 Å². The summed E-state index contributed by atoms with van der Waals surface area (Å²) >= 11 is 1.78. The molecule has 172 valence electrons. The van der Waals surface area contributed by atoms with E-state index < -0.39 is 12.2 Å². The van der Waals surface area contributed by atoms with Crippen molar-refractivity contribution in [3.05, 3.63) is 34.9 Å². The lowest BCUT2D eigenvalue weighted by Gasteiger charge is -2.35. The second-order valence-corrected chi connectivity index (χ2v) is 9.32. The Morgan fingerprint density at radius 3 is 2.84 bits per heavy atom. The molecule has 1 saturated heterocycles. The fraction of sp³-hybridized carbons (Fsp3) is 0.609. The monoisotopic (exact) mass is 449 g/mol. The highest BCUT2D eigenvalue weighted by atomic mass is 32.2. The average Bonchev–Trinajstić information content (AvgIpc) is 3.16. The van der Waals surface area contributed by atoms with Crippen molar-refractivity contribution < 1.29 is 9.18 Å². The van der Waals surface area contributed by atoms with Gasteiger partial charge in [-0.3, -0.25) is 4.99 Å². The summed E-state index contributed by atoms with van der Waals surface area (Å²) in [5.74, 6) is 1.69. The van der Waals surface area contributed by atoms with E-state index in [1.165, 1.54) is 6.92 Å². The third-order valence-corrected chi connectivity index (χ3v) is 7.08. The number of urea groups is 1. The van der Waals surface area contributed by atoms with Crippen molar-refractivity contribution in [3.8, 4) is 0 Å². The molecule has 0 radical (unpaired) electrons. The molecular formula is C23H36FN5OS. The first-order valence-electron chi connectivity index (χ1n) is 11.0. The highest BCUT2D eigenvalue weighted by molar-refractivity contribution is 8.03. The molecule has 4 unspecified atom stereocenters. The molecule has 0 aromatic heterocycles. The number of hydrogen-bond donors (Lipinski definition) is 3. The third-order valence-electron chi connectivity index (χ3n) is 5.68. The number of allylic oxidation sites excluding steroid dienone is 4. The van der Waals surface area contributed by atoms with Gasteiger partial charge in [0, 0.05) is 24.4 Å². The molecule has 31 heavy (non-hydrogen) atoms. The van der Waals surface area contributed by atoms with Crippen LogP contribution in [0.3, 0.4) is 0 Å². The number of fused-ring (bicyclic) bond motifs is 1. The molecule has 4 atom stereocenters. The van der Waals surface area contributed by atoms with E-state index in [1.807, 2.05) is 13.0 Å². The topological polar surface area (TPSA) is 94.6 Å². The molecule has 0 spiro atoms. The van der Waals surface area contributed by atoms with Gasteiger partial charge < -0.3 is 21.4 Å². The Balaban J connectivity index is 2.33. The first-order chi connectivity index (χ1) is 14.8. The Kier molecular flexibility index (Phi) is 9.81. The summed E-state index contributed by atoms with van der Waals surface area (Å²) in [7, 11) is 0. The summed E-state index contributed by atoms with van der Waals surface area (Å²) in [4.78, 5) is 18.4. The van der Waals surface area contributed by atoms with E-state index in [0.29, 0.717) is 31.1 Å². The van der Waals surface area contributed by atoms with Crippen molar-refractivity contribution in [1.82, 2.24) is 10.2 Å². The summed E-state index contributed by atoms with van der Waals surface area (Å²) in [6, 6.07) is -0.523. The molecule has 2 amide bonds. The molecular weight excluding hydrogens is 413 g/mol. The minimum Gasteiger partial charge on any atom is -0.352 e. The predicted molar refractivity (Wildman–Crippen MR) is 129 cm³/mol. The number of rotatable bonds is 11. The molecule has 0 bridgehead atoms. The maximum Gasteiger partial charge on any atom is 0.312 e. The molecule has 2 heterocycles. The summed E-state index contributed by atoms with van der Waals surface area (Å²) in [6.07, 6.45) is 6.62. The van der Waals surface area contributed by atoms with Gasteiger partial charge in [-0.2, -0.15) is 0 Å². The van der Waals surface area contributed by atoms with Crippen molar-refractivity contribution in [3.63, 3.8) is 0 Å². The zero-order valence-corrected chi connectivity index (χ0v) is 19.8. The van der Waals surface area contributed by atoms with E-state index in [1.54, 1.807) is 23.9 Å². The fourth-order valence-electron chi connectivity index (χ4n) is 3.84. The highest BCUT2D eigenvalue weighted by Crippen LogP contribution is 2.37. The van der Waals surface area contributed by atoms with Gasteiger partial charge in [-0.1, -0.05) is 32.4 Å². The van der Waals surface area contributed by atoms with Gasteiger partial charge in [0.25, 0.3) is 0 Å². The summed E-state index contributed by atoms with van der Waals surface area (Å²) < 4.78 is 13.1. The Morgan fingerprint density at radius 1 is 1.48 bits per heavy atom. The lowest BCUT2D eigenvalue weighted by molar-refractivity contribution is 0.247. The zero-order valence-electron chi connectivity index (χ0n) is 19.0. The van der Waals surface area contributed by atoms with Crippen LogP contribution in [0, 0.1) is 17.2 Å². The lowest BCUT2D eigenvalue weighted by Crippen LogP contribution is -2.42. The number of thioether (sulfide) groups is 1. The van der Waals surface area contributed by atoms with Crippen molar-refractivity contribution in [1.29, 1.82) is 5.41 Å². The zero-order chi connectivity index (χ0) is 23.0. The molecule has 2 aliphatic heterocycles. The van der Waals surface area contributed by atoms with Crippen LogP contribution < -0.4 is 11.1 Å². The quantitative estimate of drug-likeness (QED) is 0.401. The van der Waals surface area contributed by atoms with E-state index in [9.17, 15) is 9.18 Å². The Morgan fingerprint density at radius 2 is 2.23 bits per heavy atom. The van der Waals surface area contributed by atoms with Gasteiger partial charge >= 0.3 is 6.03 Å². The largest absolute Gasteiger partial charge is 0.352 e. The van der Waals surface area contributed by atoms with Crippen LogP contribution in [0.4, 0.5) is 9.18 Å². The standard InChI is InChI=1S/C23H36FN5OS/c1-5-10-31-21(15(3)6-2)22-27-13-18(19(25)9-7-8-16(4)24)20-11-17(14-29(20)22)12-28-23(26)30/h5,7,9-10,15-17,21,25H,6,8,11-14H2,1-4H3,(H3,26,28,30)/b9-7-,10-5-,25-19?. The molecule has 2 rings (SSSR count). The first kappa shape index (κ1) is 25.2. The number of halogens is 1. The van der Waals surface area contributed by atoms with Crippen LogP contribution in [-0.4, -0.2) is 53.5 Å². The number of amidine groups is 1. The van der Waals surface area contributed by atoms with E-state index in [-0.39, 0.29) is 11.2 Å². The Hall–Kier alpha value is -2.09. The van der Waals surface area contributed by atoms with Gasteiger partial charge in [0.15, 0.2) is 0 Å². The summed E-state index contributed by atoms with van der Waals surface area (Å²) in [6.45, 7) is 9.64. The summed E-state index contributed by atoms with van der Waals surface area (Å²) in [5.41, 5.74) is 7.64. The number of aliphatic imine (C=N–C) groups is 1. The van der Waals surface area contributed by atoms with Crippen LogP contribution in [0.2, 0.25) is 0 Å². The number of carbonyl (C=O) groups is 1. The normalized spacial score (nSPS) is 21.9. The number of nitrogens with two attached hydrogens (primary N) is 1. The predicted octanol–water partition coefficient (Wildman–Crippen LogP) is 4.65. The number of hydrogen-bond acceptors (Lipinski definition) is 5. The second kappa shape index (κ2) is 12.1. The molecule has 1 fully saturated rings. The number of nitrogens with zero attached hydrogens (tertiary/aromatic N) is 2. The second-order valence-electron chi connectivity index (χ2n) is 8.27. The molecule has 4 N–H and O–H groups in total. The summed E-state index contributed by atoms with van der Waals surface area (Å²) in [5, 5.41) is 13.6. The fourth-order valence-corrected chi connectivity index (χ4v) is 4.95. The van der Waals surface area contributed by atoms with Crippen molar-refractivity contribution in [2.75, 3.05) is 19.6 Å². The smallest absolute Gasteiger partial charge is 0.312 e. The van der Waals surface area contributed by atoms with Gasteiger partial charge in [0.1, 0.15) is 12.0 Å². The SMILES string of the molecule is C/C=C\SC(C1=NCC(C(=N)/C=C\CC(C)F)=C2CC(CNC(N)=O)CN12)C(C)CC. The van der Waals surface area contributed by atoms with Crippen LogP contribution in [0.15, 0.2) is 39.9 Å². The maximum atomic E-state index is 13.1. The Labute approximate surface area is 189 Å². The number of nitrogens with one attached hydrogen (secondary N) is 2. The van der Waals surface area contributed by atoms with Gasteiger partial charge in [-0.25, -0.2) is 9.18 Å². The molecule has 8 heteroatoms. The minimum absolute atomic E-state index is 0.202. The molecule has 0 aliphatic carbocycles. The lowest BCUT2D eigenvalue weighted by atomic mass is 9.99. The molecule has 0 saturated carbocycles. The average molecular weight is 450 g/mol. The molecule has 0 aromatic carbocycles. The molecule has 6 nitrogen and oxygen atoms in total. The van der Waals surface area contributed by atoms with Gasteiger partial charge in [0.05, 0.1) is 17.5 Å². The minimum atomic E-state index is -0.926. The highest BCUT2D eigenvalue weighted by Gasteiger charge is 2.38. The van der Waals surface area contributed by atoms with Gasteiger partial charge in [-0.05, 0) is 50.0 Å². The molecule has 0 aromatic rings. The van der Waals surface area contributed by atoms with Crippen molar-refractivity contribution in [2.24, 2.45) is 22.6 Å². The van der Waals surface area contributed by atoms with Gasteiger partial charge in [0.2, 0.25) is 0 Å². The van der Waals surface area contributed by atoms with E-state index in [4.69, 9.17) is 16.1 Å². The number of amides is 2. The van der Waals surface area contributed by atoms with E-state index in [0.717, 1.165) is 36.5 Å². The van der Waals surface area contributed by atoms with Crippen LogP contribution in [0.1, 0.15) is 47.0 Å². The Bertz CT molecular complexity index is 774. The number of carbonyl (C=O) groups excluding carboxylic acids is 1. The third kappa shape index (κ3) is 6.95. The van der Waals surface area contributed by atoms with E-state index >= 15 is 0 Å². The maximum absolute atomic E-state index is 13.1. The van der Waals surface area contributed by atoms with Crippen molar-refractivity contribution >= 4 is 29.3 Å². The number of primary amides is 1. The first-order valence-corrected chi connectivity index (χ1v) is 12.0. The van der Waals surface area contributed by atoms with Gasteiger partial charge in [-0.15, -0.1) is 11.8 Å². The van der Waals surface area contributed by atoms with Crippen LogP contribution in [0.5, 0.6) is 0 Å². The van der Waals surface area contributed by atoms with Crippen LogP contribution >= 0.6 is 11.8 Å². The van der Waals surface area contributed by atoms with E-state index in [2.05, 4.69) is 29.5 Å². The van der Waals surface area contributed by atoms with Crippen LogP contribution in [-0.2, 0) is 0 Å². The number of alkyl halides is 1. The molecule has 2 aliphatic rings.